The van der Waals surface area contributed by atoms with Crippen LogP contribution in [0.1, 0.15) is 27.8 Å². The monoisotopic (exact) mass is 601 g/mol. The van der Waals surface area contributed by atoms with Gasteiger partial charge in [-0.25, -0.2) is 0 Å². The first kappa shape index (κ1) is 27.0. The highest BCUT2D eigenvalue weighted by molar-refractivity contribution is 5.89. The third kappa shape index (κ3) is 4.06. The molecule has 220 valence electrons. The summed E-state index contributed by atoms with van der Waals surface area (Å²) < 4.78 is 13.3. The number of hydrogen-bond acceptors (Lipinski definition) is 3. The van der Waals surface area contributed by atoms with Crippen molar-refractivity contribution in [2.45, 2.75) is 5.41 Å². The van der Waals surface area contributed by atoms with E-state index in [0.29, 0.717) is 28.6 Å². The molecule has 7 aromatic carbocycles. The maximum Gasteiger partial charge on any atom is 0.170 e. The van der Waals surface area contributed by atoms with Gasteiger partial charge < -0.3 is 9.47 Å². The van der Waals surface area contributed by atoms with Crippen molar-refractivity contribution in [1.29, 1.82) is 5.26 Å². The molecule has 0 atom stereocenters. The van der Waals surface area contributed by atoms with Crippen molar-refractivity contribution in [3.05, 3.63) is 192 Å². The van der Waals surface area contributed by atoms with Crippen LogP contribution in [0.2, 0.25) is 0 Å². The van der Waals surface area contributed by atoms with Crippen LogP contribution in [0.3, 0.4) is 0 Å². The fraction of sp³-hybridized carbons (Fsp3) is 0.0227. The third-order valence-electron chi connectivity index (χ3n) is 9.48. The number of rotatable bonds is 4. The first-order chi connectivity index (χ1) is 23.3. The lowest BCUT2D eigenvalue weighted by Gasteiger charge is -2.34. The summed E-state index contributed by atoms with van der Waals surface area (Å²) in [5, 5.41) is 9.80. The van der Waals surface area contributed by atoms with E-state index in [0.717, 1.165) is 27.8 Å². The van der Waals surface area contributed by atoms with Gasteiger partial charge in [-0.15, -0.1) is 0 Å². The van der Waals surface area contributed by atoms with Gasteiger partial charge in [0.1, 0.15) is 0 Å². The van der Waals surface area contributed by atoms with Crippen LogP contribution in [0, 0.1) is 11.3 Å². The Bertz CT molecular complexity index is 2330. The minimum atomic E-state index is -0.513. The molecule has 0 bridgehead atoms. The second kappa shape index (κ2) is 10.6. The molecule has 1 aliphatic heterocycles. The molecule has 0 fully saturated rings. The van der Waals surface area contributed by atoms with E-state index in [1.165, 1.54) is 27.8 Å². The summed E-state index contributed by atoms with van der Waals surface area (Å²) in [7, 11) is 0. The third-order valence-corrected chi connectivity index (χ3v) is 9.48. The zero-order chi connectivity index (χ0) is 31.4. The maximum absolute atomic E-state index is 9.80. The van der Waals surface area contributed by atoms with Gasteiger partial charge in [0, 0.05) is 5.56 Å². The van der Waals surface area contributed by atoms with E-state index in [-0.39, 0.29) is 0 Å². The number of nitrogens with zero attached hydrogens (tertiary/aromatic N) is 1. The number of ether oxygens (including phenoxy) is 2. The predicted octanol–water partition coefficient (Wildman–Crippen LogP) is 11.2. The normalized spacial score (nSPS) is 13.2. The molecule has 2 aliphatic rings. The Morgan fingerprint density at radius 1 is 0.404 bits per heavy atom. The molecule has 3 nitrogen and oxygen atoms in total. The molecule has 0 saturated carbocycles. The average molecular weight is 602 g/mol. The number of hydrogen-bond donors (Lipinski definition) is 0. The minimum Gasteiger partial charge on any atom is -0.450 e. The van der Waals surface area contributed by atoms with Crippen molar-refractivity contribution in [2.75, 3.05) is 0 Å². The van der Waals surface area contributed by atoms with E-state index in [9.17, 15) is 5.26 Å². The summed E-state index contributed by atoms with van der Waals surface area (Å²) in [6, 6.07) is 58.8. The summed E-state index contributed by atoms with van der Waals surface area (Å²) >= 11 is 0. The van der Waals surface area contributed by atoms with Crippen molar-refractivity contribution in [3.63, 3.8) is 0 Å². The van der Waals surface area contributed by atoms with Crippen molar-refractivity contribution < 1.29 is 9.47 Å². The van der Waals surface area contributed by atoms with Crippen LogP contribution in [-0.4, -0.2) is 0 Å². The van der Waals surface area contributed by atoms with Gasteiger partial charge in [-0.3, -0.25) is 0 Å². The zero-order valence-corrected chi connectivity index (χ0v) is 25.4. The molecule has 0 unspecified atom stereocenters. The topological polar surface area (TPSA) is 42.2 Å². The summed E-state index contributed by atoms with van der Waals surface area (Å²) in [5.41, 5.74) is 11.2. The zero-order valence-electron chi connectivity index (χ0n) is 25.4. The first-order valence-electron chi connectivity index (χ1n) is 15.7. The van der Waals surface area contributed by atoms with Gasteiger partial charge in [0.2, 0.25) is 0 Å². The molecule has 0 aromatic heterocycles. The summed E-state index contributed by atoms with van der Waals surface area (Å²) in [6.07, 6.45) is 0. The molecule has 0 radical (unpaired) electrons. The van der Waals surface area contributed by atoms with Gasteiger partial charge in [0.05, 0.1) is 17.0 Å². The molecule has 47 heavy (non-hydrogen) atoms. The van der Waals surface area contributed by atoms with E-state index < -0.39 is 5.41 Å². The molecule has 0 spiro atoms. The van der Waals surface area contributed by atoms with Crippen molar-refractivity contribution >= 4 is 0 Å². The lowest BCUT2D eigenvalue weighted by Crippen LogP contribution is -2.28. The SMILES string of the molecule is N#Cc1ccccc1-c1ccccc1-c1ccc2c(c1)Oc1cc3c(cc1O2)C(c1ccccc1)(c1ccccc1)c1ccccc1-3. The molecular formula is C44H27NO2. The molecule has 7 aromatic rings. The van der Waals surface area contributed by atoms with E-state index >= 15 is 0 Å². The molecule has 0 saturated heterocycles. The second-order valence-electron chi connectivity index (χ2n) is 11.9. The van der Waals surface area contributed by atoms with Crippen molar-refractivity contribution in [3.8, 4) is 62.4 Å². The Labute approximate surface area is 273 Å². The largest absolute Gasteiger partial charge is 0.450 e. The Kier molecular flexibility index (Phi) is 6.10. The van der Waals surface area contributed by atoms with Gasteiger partial charge in [-0.1, -0.05) is 133 Å². The smallest absolute Gasteiger partial charge is 0.170 e. The highest BCUT2D eigenvalue weighted by Gasteiger charge is 2.47. The lowest BCUT2D eigenvalue weighted by molar-refractivity contribution is 0.359. The number of benzene rings is 7. The van der Waals surface area contributed by atoms with Crippen LogP contribution in [0.15, 0.2) is 164 Å². The minimum absolute atomic E-state index is 0.513. The number of nitriles is 1. The van der Waals surface area contributed by atoms with Gasteiger partial charge in [0.25, 0.3) is 0 Å². The van der Waals surface area contributed by atoms with E-state index in [1.54, 1.807) is 0 Å². The van der Waals surface area contributed by atoms with E-state index in [2.05, 4.69) is 121 Å². The van der Waals surface area contributed by atoms with Crippen molar-refractivity contribution in [2.24, 2.45) is 0 Å². The van der Waals surface area contributed by atoms with Gasteiger partial charge in [-0.05, 0) is 80.4 Å². The molecule has 1 aliphatic carbocycles. The molecule has 0 N–H and O–H groups in total. The first-order valence-corrected chi connectivity index (χ1v) is 15.7. The Morgan fingerprint density at radius 3 is 1.68 bits per heavy atom. The predicted molar refractivity (Wildman–Crippen MR) is 186 cm³/mol. The molecular weight excluding hydrogens is 574 g/mol. The maximum atomic E-state index is 9.80. The van der Waals surface area contributed by atoms with Crippen LogP contribution in [0.25, 0.3) is 33.4 Å². The van der Waals surface area contributed by atoms with Gasteiger partial charge in [-0.2, -0.15) is 5.26 Å². The highest BCUT2D eigenvalue weighted by atomic mass is 16.6. The lowest BCUT2D eigenvalue weighted by atomic mass is 9.67. The molecule has 1 heterocycles. The van der Waals surface area contributed by atoms with Gasteiger partial charge >= 0.3 is 0 Å². The highest BCUT2D eigenvalue weighted by Crippen LogP contribution is 2.59. The quantitative estimate of drug-likeness (QED) is 0.202. The number of fused-ring (bicyclic) bond motifs is 5. The van der Waals surface area contributed by atoms with Crippen LogP contribution >= 0.6 is 0 Å². The Hall–Kier alpha value is -6.37. The van der Waals surface area contributed by atoms with Crippen molar-refractivity contribution in [1.82, 2.24) is 0 Å². The summed E-state index contributed by atoms with van der Waals surface area (Å²) in [4.78, 5) is 0. The van der Waals surface area contributed by atoms with E-state index in [4.69, 9.17) is 9.47 Å². The Morgan fingerprint density at radius 2 is 0.957 bits per heavy atom. The van der Waals surface area contributed by atoms with E-state index in [1.807, 2.05) is 48.5 Å². The van der Waals surface area contributed by atoms with Crippen LogP contribution in [0.4, 0.5) is 0 Å². The average Bonchev–Trinajstić information content (AvgIpc) is 3.43. The Balaban J connectivity index is 1.19. The van der Waals surface area contributed by atoms with Gasteiger partial charge in [0.15, 0.2) is 23.0 Å². The second-order valence-corrected chi connectivity index (χ2v) is 11.9. The molecule has 0 amide bonds. The fourth-order valence-electron chi connectivity index (χ4n) is 7.47. The fourth-order valence-corrected chi connectivity index (χ4v) is 7.47. The van der Waals surface area contributed by atoms with Crippen LogP contribution in [0.5, 0.6) is 23.0 Å². The van der Waals surface area contributed by atoms with Crippen LogP contribution in [-0.2, 0) is 5.41 Å². The molecule has 3 heteroatoms. The summed E-state index contributed by atoms with van der Waals surface area (Å²) in [6.45, 7) is 0. The molecule has 9 rings (SSSR count). The summed E-state index contributed by atoms with van der Waals surface area (Å²) in [5.74, 6) is 2.69. The standard InChI is InChI=1S/C44H27NO2/c45-28-30-13-7-8-19-34(30)35-20-10-9-18-33(35)29-23-24-40-41(25-29)47-42-26-37-36-21-11-12-22-38(36)44(31-14-3-1-4-15-31,32-16-5-2-6-17-32)39(37)27-43(42)46-40/h1-27H. The van der Waals surface area contributed by atoms with Crippen LogP contribution < -0.4 is 9.47 Å².